The Labute approximate surface area is 179 Å². The molecule has 0 saturated carbocycles. The third kappa shape index (κ3) is 4.76. The molecule has 0 aliphatic heterocycles. The van der Waals surface area contributed by atoms with Gasteiger partial charge in [-0.2, -0.15) is 5.26 Å². The van der Waals surface area contributed by atoms with E-state index in [9.17, 15) is 14.9 Å². The van der Waals surface area contributed by atoms with Gasteiger partial charge in [0, 0.05) is 11.3 Å². The molecule has 2 N–H and O–H groups in total. The fourth-order valence-electron chi connectivity index (χ4n) is 2.53. The molecule has 4 aromatic rings. The lowest BCUT2D eigenvalue weighted by Gasteiger charge is -2.06. The summed E-state index contributed by atoms with van der Waals surface area (Å²) in [6.45, 7) is 4.00. The second kappa shape index (κ2) is 9.87. The SMILES string of the molecule is CC.N#Cc1c(-c2cccs2)nc(SCc2cccc(-c3noc(=O)[nH]3)c2)[nH]c1=O. The van der Waals surface area contributed by atoms with Gasteiger partial charge < -0.3 is 4.98 Å². The number of hydrogen-bond donors (Lipinski definition) is 2. The Hall–Kier alpha value is -3.42. The van der Waals surface area contributed by atoms with Crippen LogP contribution in [0.2, 0.25) is 0 Å². The second-order valence-electron chi connectivity index (χ2n) is 5.62. The number of aromatic nitrogens is 4. The summed E-state index contributed by atoms with van der Waals surface area (Å²) in [5.41, 5.74) is 1.58. The van der Waals surface area contributed by atoms with Gasteiger partial charge in [-0.05, 0) is 23.1 Å². The first-order chi connectivity index (χ1) is 14.6. The molecule has 3 heterocycles. The largest absolute Gasteiger partial charge is 0.439 e. The topological polar surface area (TPSA) is 128 Å². The number of rotatable bonds is 5. The highest BCUT2D eigenvalue weighted by molar-refractivity contribution is 7.98. The zero-order valence-electron chi connectivity index (χ0n) is 16.1. The number of thioether (sulfide) groups is 1. The maximum atomic E-state index is 12.3. The number of nitrogens with one attached hydrogen (secondary N) is 2. The standard InChI is InChI=1S/C18H11N5O3S2.C2H6/c19-8-12-14(13-5-2-6-27-13)20-17(22-16(12)24)28-9-10-3-1-4-11(7-10)15-21-18(25)26-23-15;1-2/h1-7H,9H2,(H,20,22,24)(H,21,23,25);1-2H3. The van der Waals surface area contributed by atoms with E-state index < -0.39 is 11.3 Å². The number of aromatic amines is 2. The average Bonchev–Trinajstić information content (AvgIpc) is 3.45. The highest BCUT2D eigenvalue weighted by Gasteiger charge is 2.14. The van der Waals surface area contributed by atoms with Crippen LogP contribution in [0.3, 0.4) is 0 Å². The molecule has 0 unspecified atom stereocenters. The van der Waals surface area contributed by atoms with Crippen molar-refractivity contribution >= 4 is 23.1 Å². The first-order valence-corrected chi connectivity index (χ1v) is 10.9. The highest BCUT2D eigenvalue weighted by atomic mass is 32.2. The van der Waals surface area contributed by atoms with E-state index in [1.165, 1.54) is 23.1 Å². The molecule has 152 valence electrons. The van der Waals surface area contributed by atoms with Gasteiger partial charge in [-0.25, -0.2) is 9.78 Å². The van der Waals surface area contributed by atoms with Gasteiger partial charge in [0.05, 0.1) is 4.88 Å². The van der Waals surface area contributed by atoms with Crippen molar-refractivity contribution in [2.75, 3.05) is 0 Å². The molecule has 0 atom stereocenters. The second-order valence-corrected chi connectivity index (χ2v) is 7.53. The lowest BCUT2D eigenvalue weighted by Crippen LogP contribution is -2.14. The Morgan fingerprint density at radius 3 is 2.70 bits per heavy atom. The minimum atomic E-state index is -0.616. The monoisotopic (exact) mass is 439 g/mol. The number of hydrogen-bond acceptors (Lipinski definition) is 8. The fraction of sp³-hybridized carbons (Fsp3) is 0.150. The number of thiophene rings is 1. The zero-order valence-corrected chi connectivity index (χ0v) is 17.8. The molecule has 1 aromatic carbocycles. The van der Waals surface area contributed by atoms with E-state index in [1.807, 2.05) is 55.6 Å². The van der Waals surface area contributed by atoms with Crippen molar-refractivity contribution < 1.29 is 4.52 Å². The summed E-state index contributed by atoms with van der Waals surface area (Å²) in [5, 5.41) is 15.3. The van der Waals surface area contributed by atoms with Crippen LogP contribution in [-0.4, -0.2) is 20.1 Å². The van der Waals surface area contributed by atoms with Gasteiger partial charge in [-0.3, -0.25) is 14.3 Å². The van der Waals surface area contributed by atoms with E-state index in [1.54, 1.807) is 6.07 Å². The third-order valence-electron chi connectivity index (χ3n) is 3.78. The number of H-pyrrole nitrogens is 2. The molecule has 0 amide bonds. The van der Waals surface area contributed by atoms with Gasteiger partial charge in [0.1, 0.15) is 17.3 Å². The van der Waals surface area contributed by atoms with Gasteiger partial charge in [0.2, 0.25) is 0 Å². The van der Waals surface area contributed by atoms with Crippen LogP contribution in [0.5, 0.6) is 0 Å². The van der Waals surface area contributed by atoms with Crippen molar-refractivity contribution in [2.24, 2.45) is 0 Å². The van der Waals surface area contributed by atoms with Gasteiger partial charge in [0.15, 0.2) is 11.0 Å². The maximum Gasteiger partial charge on any atom is 0.439 e. The molecule has 0 bridgehead atoms. The van der Waals surface area contributed by atoms with E-state index >= 15 is 0 Å². The lowest BCUT2D eigenvalue weighted by molar-refractivity contribution is 0.388. The molecular formula is C20H17N5O3S2. The molecule has 0 fully saturated rings. The number of nitriles is 1. The van der Waals surface area contributed by atoms with E-state index in [0.29, 0.717) is 28.0 Å². The summed E-state index contributed by atoms with van der Waals surface area (Å²) in [4.78, 5) is 33.8. The summed E-state index contributed by atoms with van der Waals surface area (Å²) < 4.78 is 4.53. The van der Waals surface area contributed by atoms with Crippen molar-refractivity contribution in [3.8, 4) is 28.0 Å². The lowest BCUT2D eigenvalue weighted by atomic mass is 10.1. The first kappa shape index (κ1) is 21.3. The molecule has 10 heteroatoms. The van der Waals surface area contributed by atoms with Crippen molar-refractivity contribution in [1.82, 2.24) is 20.1 Å². The van der Waals surface area contributed by atoms with Crippen LogP contribution in [0.15, 0.2) is 61.0 Å². The van der Waals surface area contributed by atoms with Gasteiger partial charge in [-0.15, -0.1) is 11.3 Å². The Morgan fingerprint density at radius 1 is 1.20 bits per heavy atom. The summed E-state index contributed by atoms with van der Waals surface area (Å²) in [7, 11) is 0. The van der Waals surface area contributed by atoms with Crippen molar-refractivity contribution in [3.05, 3.63) is 73.8 Å². The van der Waals surface area contributed by atoms with Crippen LogP contribution in [-0.2, 0) is 5.75 Å². The molecule has 30 heavy (non-hydrogen) atoms. The van der Waals surface area contributed by atoms with Crippen molar-refractivity contribution in [3.63, 3.8) is 0 Å². The van der Waals surface area contributed by atoms with Gasteiger partial charge >= 0.3 is 5.76 Å². The molecule has 0 aliphatic carbocycles. The Morgan fingerprint density at radius 2 is 2.03 bits per heavy atom. The molecule has 0 saturated heterocycles. The summed E-state index contributed by atoms with van der Waals surface area (Å²) in [6.07, 6.45) is 0. The molecular weight excluding hydrogens is 422 g/mol. The molecule has 0 radical (unpaired) electrons. The maximum absolute atomic E-state index is 12.3. The summed E-state index contributed by atoms with van der Waals surface area (Å²) in [6, 6.07) is 13.0. The fourth-order valence-corrected chi connectivity index (χ4v) is 4.05. The van der Waals surface area contributed by atoms with Crippen LogP contribution in [0, 0.1) is 11.3 Å². The Kier molecular flexibility index (Phi) is 7.00. The first-order valence-electron chi connectivity index (χ1n) is 9.00. The number of nitrogens with zero attached hydrogens (tertiary/aromatic N) is 3. The predicted octanol–water partition coefficient (Wildman–Crippen LogP) is 4.03. The molecule has 0 aliphatic rings. The van der Waals surface area contributed by atoms with Crippen molar-refractivity contribution in [1.29, 1.82) is 5.26 Å². The minimum Gasteiger partial charge on any atom is -0.300 e. The Bertz CT molecular complexity index is 1280. The van der Waals surface area contributed by atoms with Crippen LogP contribution in [0.1, 0.15) is 25.0 Å². The Balaban J connectivity index is 0.00000124. The molecule has 4 rings (SSSR count). The van der Waals surface area contributed by atoms with Crippen LogP contribution >= 0.6 is 23.1 Å². The van der Waals surface area contributed by atoms with Crippen LogP contribution in [0.25, 0.3) is 22.0 Å². The highest BCUT2D eigenvalue weighted by Crippen LogP contribution is 2.27. The third-order valence-corrected chi connectivity index (χ3v) is 5.60. The van der Waals surface area contributed by atoms with Crippen molar-refractivity contribution in [2.45, 2.75) is 24.8 Å². The van der Waals surface area contributed by atoms with E-state index in [-0.39, 0.29) is 5.56 Å². The molecule has 8 nitrogen and oxygen atoms in total. The van der Waals surface area contributed by atoms with Crippen LogP contribution in [0.4, 0.5) is 0 Å². The number of benzene rings is 1. The van der Waals surface area contributed by atoms with E-state index in [0.717, 1.165) is 10.4 Å². The normalized spacial score (nSPS) is 10.2. The van der Waals surface area contributed by atoms with Crippen LogP contribution < -0.4 is 11.3 Å². The predicted molar refractivity (Wildman–Crippen MR) is 116 cm³/mol. The quantitative estimate of drug-likeness (QED) is 0.355. The molecule has 0 spiro atoms. The zero-order chi connectivity index (χ0) is 21.5. The summed E-state index contributed by atoms with van der Waals surface area (Å²) in [5.74, 6) is 0.256. The minimum absolute atomic E-state index is 0.00350. The average molecular weight is 440 g/mol. The smallest absolute Gasteiger partial charge is 0.300 e. The molecule has 3 aromatic heterocycles. The van der Waals surface area contributed by atoms with E-state index in [2.05, 4.69) is 24.6 Å². The van der Waals surface area contributed by atoms with Gasteiger partial charge in [0.25, 0.3) is 5.56 Å². The van der Waals surface area contributed by atoms with Gasteiger partial charge in [-0.1, -0.05) is 55.0 Å². The summed E-state index contributed by atoms with van der Waals surface area (Å²) >= 11 is 2.76. The van der Waals surface area contributed by atoms with E-state index in [4.69, 9.17) is 0 Å².